The molecule has 8 nitrogen and oxygen atoms in total. The van der Waals surface area contributed by atoms with Crippen molar-refractivity contribution in [2.45, 2.75) is 4.90 Å². The fraction of sp³-hybridized carbons (Fsp3) is 0.118. The van der Waals surface area contributed by atoms with E-state index < -0.39 is 27.7 Å². The molecule has 0 radical (unpaired) electrons. The van der Waals surface area contributed by atoms with Gasteiger partial charge in [0.25, 0.3) is 17.7 Å². The summed E-state index contributed by atoms with van der Waals surface area (Å²) in [6, 6.07) is 10.1. The second-order valence-electron chi connectivity index (χ2n) is 5.78. The Morgan fingerprint density at radius 3 is 2.42 bits per heavy atom. The van der Waals surface area contributed by atoms with Gasteiger partial charge in [-0.25, -0.2) is 12.7 Å². The van der Waals surface area contributed by atoms with Gasteiger partial charge in [-0.15, -0.1) is 0 Å². The lowest BCUT2D eigenvalue weighted by atomic mass is 10.1. The van der Waals surface area contributed by atoms with E-state index in [1.807, 2.05) is 0 Å². The summed E-state index contributed by atoms with van der Waals surface area (Å²) in [6.45, 7) is 0. The average molecular weight is 373 g/mol. The SMILES string of the molecule is CN(C)S(=O)(=O)c1cccc(C(=O)Nc2cccc3c2C(=O)NC3=O)c1. The quantitative estimate of drug-likeness (QED) is 0.779. The molecular weight excluding hydrogens is 358 g/mol. The number of carbonyl (C=O) groups is 3. The Kier molecular flexibility index (Phi) is 4.34. The van der Waals surface area contributed by atoms with Crippen molar-refractivity contribution in [1.29, 1.82) is 0 Å². The predicted molar refractivity (Wildman–Crippen MR) is 93.5 cm³/mol. The molecule has 0 saturated heterocycles. The molecule has 2 aromatic carbocycles. The summed E-state index contributed by atoms with van der Waals surface area (Å²) in [6.07, 6.45) is 0. The van der Waals surface area contributed by atoms with Crippen molar-refractivity contribution in [3.05, 3.63) is 59.2 Å². The standard InChI is InChI=1S/C17H15N3O5S/c1-20(2)26(24,25)11-6-3-5-10(9-11)15(21)18-13-8-4-7-12-14(13)17(23)19-16(12)22/h3-9H,1-2H3,(H,18,21)(H,19,22,23). The molecule has 3 amide bonds. The van der Waals surface area contributed by atoms with Crippen molar-refractivity contribution >= 4 is 33.4 Å². The third-order valence-electron chi connectivity index (χ3n) is 3.89. The van der Waals surface area contributed by atoms with Crippen molar-refractivity contribution in [3.63, 3.8) is 0 Å². The Hall–Kier alpha value is -3.04. The van der Waals surface area contributed by atoms with Gasteiger partial charge in [0.1, 0.15) is 0 Å². The van der Waals surface area contributed by atoms with Crippen molar-refractivity contribution in [2.75, 3.05) is 19.4 Å². The lowest BCUT2D eigenvalue weighted by Crippen LogP contribution is -2.23. The van der Waals surface area contributed by atoms with E-state index in [0.29, 0.717) is 0 Å². The van der Waals surface area contributed by atoms with E-state index in [1.165, 1.54) is 50.5 Å². The summed E-state index contributed by atoms with van der Waals surface area (Å²) >= 11 is 0. The molecule has 0 aromatic heterocycles. The maximum Gasteiger partial charge on any atom is 0.261 e. The number of fused-ring (bicyclic) bond motifs is 1. The average Bonchev–Trinajstić information content (AvgIpc) is 2.90. The predicted octanol–water partition coefficient (Wildman–Crippen LogP) is 1.07. The molecule has 0 bridgehead atoms. The highest BCUT2D eigenvalue weighted by atomic mass is 32.2. The maximum absolute atomic E-state index is 12.5. The summed E-state index contributed by atoms with van der Waals surface area (Å²) in [5.41, 5.74) is 0.548. The van der Waals surface area contributed by atoms with Crippen LogP contribution in [0.2, 0.25) is 0 Å². The minimum Gasteiger partial charge on any atom is -0.321 e. The van der Waals surface area contributed by atoms with Crippen molar-refractivity contribution in [3.8, 4) is 0 Å². The number of carbonyl (C=O) groups excluding carboxylic acids is 3. The number of nitrogens with one attached hydrogen (secondary N) is 2. The molecule has 134 valence electrons. The van der Waals surface area contributed by atoms with Crippen LogP contribution in [0.1, 0.15) is 31.1 Å². The lowest BCUT2D eigenvalue weighted by molar-refractivity contribution is 0.0879. The molecule has 0 unspecified atom stereocenters. The number of sulfonamides is 1. The van der Waals surface area contributed by atoms with E-state index in [9.17, 15) is 22.8 Å². The highest BCUT2D eigenvalue weighted by Gasteiger charge is 2.30. The molecule has 1 aliphatic heterocycles. The Morgan fingerprint density at radius 1 is 1.04 bits per heavy atom. The molecular formula is C17H15N3O5S. The number of hydrogen-bond donors (Lipinski definition) is 2. The van der Waals surface area contributed by atoms with Crippen LogP contribution in [0.15, 0.2) is 47.4 Å². The van der Waals surface area contributed by atoms with E-state index in [2.05, 4.69) is 10.6 Å². The first kappa shape index (κ1) is 17.8. The van der Waals surface area contributed by atoms with Gasteiger partial charge in [0, 0.05) is 19.7 Å². The minimum atomic E-state index is -3.69. The van der Waals surface area contributed by atoms with Gasteiger partial charge in [-0.3, -0.25) is 19.7 Å². The van der Waals surface area contributed by atoms with Gasteiger partial charge in [-0.2, -0.15) is 0 Å². The molecule has 2 N–H and O–H groups in total. The first-order chi connectivity index (χ1) is 12.2. The van der Waals surface area contributed by atoms with Crippen LogP contribution in [-0.4, -0.2) is 44.5 Å². The van der Waals surface area contributed by atoms with Crippen LogP contribution < -0.4 is 10.6 Å². The third kappa shape index (κ3) is 2.98. The van der Waals surface area contributed by atoms with Gasteiger partial charge in [0.2, 0.25) is 10.0 Å². The van der Waals surface area contributed by atoms with Crippen LogP contribution in [0.25, 0.3) is 0 Å². The summed E-state index contributed by atoms with van der Waals surface area (Å²) in [5.74, 6) is -1.72. The first-order valence-electron chi connectivity index (χ1n) is 7.54. The van der Waals surface area contributed by atoms with Crippen LogP contribution in [-0.2, 0) is 10.0 Å². The monoisotopic (exact) mass is 373 g/mol. The molecule has 26 heavy (non-hydrogen) atoms. The topological polar surface area (TPSA) is 113 Å². The smallest absolute Gasteiger partial charge is 0.261 e. The number of anilines is 1. The van der Waals surface area contributed by atoms with Crippen LogP contribution in [0.4, 0.5) is 5.69 Å². The molecule has 1 aliphatic rings. The lowest BCUT2D eigenvalue weighted by Gasteiger charge is -2.13. The van der Waals surface area contributed by atoms with Gasteiger partial charge in [0.05, 0.1) is 21.7 Å². The molecule has 0 spiro atoms. The number of benzene rings is 2. The van der Waals surface area contributed by atoms with Crippen LogP contribution in [0, 0.1) is 0 Å². The summed E-state index contributed by atoms with van der Waals surface area (Å²) in [7, 11) is -0.899. The molecule has 1 heterocycles. The van der Waals surface area contributed by atoms with E-state index >= 15 is 0 Å². The highest BCUT2D eigenvalue weighted by Crippen LogP contribution is 2.25. The summed E-state index contributed by atoms with van der Waals surface area (Å²) in [4.78, 5) is 36.1. The fourth-order valence-corrected chi connectivity index (χ4v) is 3.47. The Balaban J connectivity index is 1.94. The molecule has 0 atom stereocenters. The van der Waals surface area contributed by atoms with Crippen LogP contribution in [0.3, 0.4) is 0 Å². The Morgan fingerprint density at radius 2 is 1.73 bits per heavy atom. The second kappa shape index (κ2) is 6.36. The third-order valence-corrected chi connectivity index (χ3v) is 5.70. The molecule has 9 heteroatoms. The molecule has 3 rings (SSSR count). The molecule has 0 fully saturated rings. The first-order valence-corrected chi connectivity index (χ1v) is 8.98. The second-order valence-corrected chi connectivity index (χ2v) is 7.93. The van der Waals surface area contributed by atoms with Gasteiger partial charge in [-0.1, -0.05) is 12.1 Å². The molecule has 0 aliphatic carbocycles. The Labute approximate surface area is 149 Å². The maximum atomic E-state index is 12.5. The van der Waals surface area contributed by atoms with Crippen molar-refractivity contribution in [1.82, 2.24) is 9.62 Å². The molecule has 2 aromatic rings. The van der Waals surface area contributed by atoms with Gasteiger partial charge < -0.3 is 5.32 Å². The highest BCUT2D eigenvalue weighted by molar-refractivity contribution is 7.89. The van der Waals surface area contributed by atoms with Gasteiger partial charge >= 0.3 is 0 Å². The molecule has 0 saturated carbocycles. The van der Waals surface area contributed by atoms with Crippen LogP contribution in [0.5, 0.6) is 0 Å². The number of imide groups is 1. The zero-order valence-corrected chi connectivity index (χ0v) is 14.8. The van der Waals surface area contributed by atoms with Gasteiger partial charge in [0.15, 0.2) is 0 Å². The van der Waals surface area contributed by atoms with E-state index in [-0.39, 0.29) is 27.3 Å². The van der Waals surface area contributed by atoms with Crippen molar-refractivity contribution < 1.29 is 22.8 Å². The van der Waals surface area contributed by atoms with Gasteiger partial charge in [-0.05, 0) is 30.3 Å². The zero-order chi connectivity index (χ0) is 19.1. The largest absolute Gasteiger partial charge is 0.321 e. The van der Waals surface area contributed by atoms with E-state index in [0.717, 1.165) is 4.31 Å². The zero-order valence-electron chi connectivity index (χ0n) is 13.9. The number of nitrogens with zero attached hydrogens (tertiary/aromatic N) is 1. The summed E-state index contributed by atoms with van der Waals surface area (Å²) in [5, 5.41) is 4.72. The normalized spacial score (nSPS) is 13.5. The summed E-state index contributed by atoms with van der Waals surface area (Å²) < 4.78 is 25.4. The number of hydrogen-bond acceptors (Lipinski definition) is 5. The van der Waals surface area contributed by atoms with E-state index in [4.69, 9.17) is 0 Å². The Bertz CT molecular complexity index is 1040. The minimum absolute atomic E-state index is 0.0265. The number of amides is 3. The fourth-order valence-electron chi connectivity index (χ4n) is 2.53. The van der Waals surface area contributed by atoms with E-state index in [1.54, 1.807) is 6.07 Å². The van der Waals surface area contributed by atoms with Crippen molar-refractivity contribution in [2.24, 2.45) is 0 Å². The van der Waals surface area contributed by atoms with Crippen LogP contribution >= 0.6 is 0 Å². The number of rotatable bonds is 4.